The molecule has 1 atom stereocenters. The number of nitrogens with one attached hydrogen (secondary N) is 1. The van der Waals surface area contributed by atoms with E-state index in [-0.39, 0.29) is 17.4 Å². The monoisotopic (exact) mass is 489 g/mol. The first kappa shape index (κ1) is 23.5. The third-order valence-electron chi connectivity index (χ3n) is 8.54. The van der Waals surface area contributed by atoms with Gasteiger partial charge in [0, 0.05) is 16.8 Å². The summed E-state index contributed by atoms with van der Waals surface area (Å²) < 4.78 is 0. The summed E-state index contributed by atoms with van der Waals surface area (Å²) in [4.78, 5) is 33.5. The molecule has 0 spiro atoms. The van der Waals surface area contributed by atoms with Crippen LogP contribution < -0.4 is 10.2 Å². The number of carbonyl (C=O) groups is 2. The summed E-state index contributed by atoms with van der Waals surface area (Å²) in [6.07, 6.45) is 7.03. The molecule has 2 amide bonds. The van der Waals surface area contributed by atoms with Crippen LogP contribution in [0.2, 0.25) is 0 Å². The molecule has 3 aromatic carbocycles. The summed E-state index contributed by atoms with van der Waals surface area (Å²) in [5.74, 6) is 1.72. The number of hydrogen-bond donors (Lipinski definition) is 1. The van der Waals surface area contributed by atoms with Crippen molar-refractivity contribution >= 4 is 23.2 Å². The third-order valence-corrected chi connectivity index (χ3v) is 8.54. The van der Waals surface area contributed by atoms with E-state index in [1.807, 2.05) is 60.7 Å². The van der Waals surface area contributed by atoms with Crippen LogP contribution in [0.5, 0.6) is 0 Å². The third kappa shape index (κ3) is 4.53. The maximum Gasteiger partial charge on any atom is 0.259 e. The van der Waals surface area contributed by atoms with E-state index in [9.17, 15) is 9.59 Å². The van der Waals surface area contributed by atoms with Crippen LogP contribution in [0.15, 0.2) is 84.9 Å². The summed E-state index contributed by atoms with van der Waals surface area (Å²) in [6, 6.07) is 24.9. The zero-order chi connectivity index (χ0) is 25.4. The van der Waals surface area contributed by atoms with Gasteiger partial charge in [-0.2, -0.15) is 0 Å². The lowest BCUT2D eigenvalue weighted by Crippen LogP contribution is -2.61. The van der Waals surface area contributed by atoms with E-state index in [0.717, 1.165) is 24.8 Å². The number of para-hydroxylation sites is 1. The Kier molecular flexibility index (Phi) is 6.04. The van der Waals surface area contributed by atoms with E-state index >= 15 is 0 Å². The van der Waals surface area contributed by atoms with Gasteiger partial charge >= 0.3 is 0 Å². The first-order valence-electron chi connectivity index (χ1n) is 13.3. The molecule has 4 aliphatic carbocycles. The van der Waals surface area contributed by atoms with Crippen molar-refractivity contribution in [1.82, 2.24) is 5.32 Å². The topological polar surface area (TPSA) is 53.8 Å². The average molecular weight is 490 g/mol. The highest BCUT2D eigenvalue weighted by Crippen LogP contribution is 2.55. The Hall–Kier alpha value is -3.91. The van der Waals surface area contributed by atoms with Crippen molar-refractivity contribution in [2.45, 2.75) is 50.1 Å². The highest BCUT2D eigenvalue weighted by atomic mass is 16.2. The number of amides is 2. The van der Waals surface area contributed by atoms with Gasteiger partial charge in [-0.05, 0) is 74.0 Å². The van der Waals surface area contributed by atoms with Crippen molar-refractivity contribution in [1.29, 1.82) is 0 Å². The summed E-state index contributed by atoms with van der Waals surface area (Å²) in [5.41, 5.74) is 2.19. The minimum atomic E-state index is -0.815. The van der Waals surface area contributed by atoms with Gasteiger partial charge in [0.1, 0.15) is 6.04 Å². The lowest BCUT2D eigenvalue weighted by atomic mass is 9.53. The highest BCUT2D eigenvalue weighted by Gasteiger charge is 2.52. The molecule has 7 rings (SSSR count). The number of hydrogen-bond acceptors (Lipinski definition) is 2. The van der Waals surface area contributed by atoms with Crippen molar-refractivity contribution in [3.05, 3.63) is 107 Å². The molecule has 4 bridgehead atoms. The number of carbonyl (C=O) groups excluding carboxylic acids is 2. The van der Waals surface area contributed by atoms with Gasteiger partial charge < -0.3 is 5.32 Å². The first-order valence-corrected chi connectivity index (χ1v) is 13.3. The lowest BCUT2D eigenvalue weighted by Gasteiger charge is -2.57. The molecule has 186 valence electrons. The van der Waals surface area contributed by atoms with Gasteiger partial charge in [0.2, 0.25) is 5.91 Å². The van der Waals surface area contributed by atoms with Gasteiger partial charge in [-0.15, -0.1) is 0 Å². The molecule has 0 aromatic heterocycles. The number of benzene rings is 3. The summed E-state index contributed by atoms with van der Waals surface area (Å²) in [7, 11) is 0. The van der Waals surface area contributed by atoms with E-state index in [0.29, 0.717) is 34.7 Å². The molecule has 4 aliphatic rings. The molecule has 1 unspecified atom stereocenters. The Labute approximate surface area is 218 Å². The van der Waals surface area contributed by atoms with Gasteiger partial charge in [0.05, 0.1) is 6.57 Å². The maximum absolute atomic E-state index is 14.3. The number of nitrogens with zero attached hydrogens (tertiary/aromatic N) is 2. The van der Waals surface area contributed by atoms with Crippen molar-refractivity contribution in [2.24, 2.45) is 17.8 Å². The fourth-order valence-corrected chi connectivity index (χ4v) is 7.44. The van der Waals surface area contributed by atoms with E-state index in [4.69, 9.17) is 6.57 Å². The van der Waals surface area contributed by atoms with E-state index in [2.05, 4.69) is 10.2 Å². The predicted octanol–water partition coefficient (Wildman–Crippen LogP) is 6.71. The minimum absolute atomic E-state index is 0.122. The smallest absolute Gasteiger partial charge is 0.259 e. The molecule has 0 radical (unpaired) electrons. The quantitative estimate of drug-likeness (QED) is 0.391. The van der Waals surface area contributed by atoms with E-state index in [1.165, 1.54) is 19.3 Å². The summed E-state index contributed by atoms with van der Waals surface area (Å²) in [6.45, 7) is 7.25. The second kappa shape index (κ2) is 9.52. The van der Waals surface area contributed by atoms with Crippen molar-refractivity contribution in [2.75, 3.05) is 4.90 Å². The molecule has 0 aliphatic heterocycles. The van der Waals surface area contributed by atoms with E-state index in [1.54, 1.807) is 29.2 Å². The molecule has 4 saturated carbocycles. The second-order valence-electron chi connectivity index (χ2n) is 11.2. The Bertz CT molecular complexity index is 1290. The fourth-order valence-electron chi connectivity index (χ4n) is 7.44. The van der Waals surface area contributed by atoms with Crippen molar-refractivity contribution in [3.63, 3.8) is 0 Å². The van der Waals surface area contributed by atoms with Crippen molar-refractivity contribution < 1.29 is 9.59 Å². The molecule has 0 heterocycles. The normalized spacial score (nSPS) is 26.2. The van der Waals surface area contributed by atoms with Crippen LogP contribution in [-0.2, 0) is 4.79 Å². The van der Waals surface area contributed by atoms with Gasteiger partial charge in [-0.1, -0.05) is 72.8 Å². The van der Waals surface area contributed by atoms with Crippen LogP contribution in [0.3, 0.4) is 0 Å². The van der Waals surface area contributed by atoms with Gasteiger partial charge in [0.25, 0.3) is 5.91 Å². The van der Waals surface area contributed by atoms with E-state index < -0.39 is 6.04 Å². The predicted molar refractivity (Wildman–Crippen MR) is 144 cm³/mol. The Balaban J connectivity index is 1.40. The summed E-state index contributed by atoms with van der Waals surface area (Å²) in [5, 5.41) is 3.53. The SMILES string of the molecule is [C-]#[N+]c1ccc(C(=O)N(c2ccccc2)C(C(=O)NC23CC4CC(CC(C4)C2)C3)c2ccccc2)cc1. The molecule has 37 heavy (non-hydrogen) atoms. The fraction of sp³-hybridized carbons (Fsp3) is 0.344. The van der Waals surface area contributed by atoms with Gasteiger partial charge in [0.15, 0.2) is 5.69 Å². The van der Waals surface area contributed by atoms with Crippen LogP contribution in [0.25, 0.3) is 4.85 Å². The molecule has 4 fully saturated rings. The zero-order valence-corrected chi connectivity index (χ0v) is 20.8. The van der Waals surface area contributed by atoms with Gasteiger partial charge in [-0.3, -0.25) is 14.5 Å². The number of rotatable bonds is 6. The van der Waals surface area contributed by atoms with Crippen LogP contribution in [0.1, 0.15) is 60.5 Å². The second-order valence-corrected chi connectivity index (χ2v) is 11.2. The maximum atomic E-state index is 14.3. The molecular weight excluding hydrogens is 458 g/mol. The van der Waals surface area contributed by atoms with Crippen molar-refractivity contribution in [3.8, 4) is 0 Å². The minimum Gasteiger partial charge on any atom is -0.349 e. The molecule has 3 aromatic rings. The summed E-state index contributed by atoms with van der Waals surface area (Å²) >= 11 is 0. The van der Waals surface area contributed by atoms with Crippen LogP contribution >= 0.6 is 0 Å². The molecule has 5 nitrogen and oxygen atoms in total. The Morgan fingerprint density at radius 1 is 0.811 bits per heavy atom. The van der Waals surface area contributed by atoms with Gasteiger partial charge in [-0.25, -0.2) is 4.85 Å². The Morgan fingerprint density at radius 3 is 1.89 bits per heavy atom. The Morgan fingerprint density at radius 2 is 1.35 bits per heavy atom. The number of anilines is 1. The first-order chi connectivity index (χ1) is 18.0. The van der Waals surface area contributed by atoms with Crippen LogP contribution in [-0.4, -0.2) is 17.4 Å². The highest BCUT2D eigenvalue weighted by molar-refractivity contribution is 6.10. The van der Waals surface area contributed by atoms with Crippen LogP contribution in [0.4, 0.5) is 11.4 Å². The molecule has 0 saturated heterocycles. The molecular formula is C32H31N3O2. The molecule has 1 N–H and O–H groups in total. The average Bonchev–Trinajstić information content (AvgIpc) is 2.91. The standard InChI is InChI=1S/C32H31N3O2/c1-33-27-14-12-26(13-15-27)31(37)35(28-10-6-3-7-11-28)29(25-8-4-2-5-9-25)30(36)34-32-19-22-16-23(20-32)18-24(17-22)21-32/h2-15,22-24,29H,16-21H2,(H,34,36). The lowest BCUT2D eigenvalue weighted by molar-refractivity contribution is -0.128. The largest absolute Gasteiger partial charge is 0.349 e. The van der Waals surface area contributed by atoms with Crippen LogP contribution in [0, 0.1) is 24.3 Å². The molecule has 5 heteroatoms. The zero-order valence-electron chi connectivity index (χ0n) is 20.8.